The van der Waals surface area contributed by atoms with Crippen molar-refractivity contribution >= 4 is 33.1 Å². The molecule has 2 heterocycles. The zero-order valence-electron chi connectivity index (χ0n) is 15.4. The number of hydrogen-bond donors (Lipinski definition) is 1. The predicted octanol–water partition coefficient (Wildman–Crippen LogP) is 4.68. The minimum Gasteiger partial charge on any atom is -0.491 e. The SMILES string of the molecule is C=C(/C=C/c1cc(NS(=O)(=O)c2cccs2)c2c(c1C)OCO2)OC1CCC1. The van der Waals surface area contributed by atoms with Gasteiger partial charge in [-0.25, -0.2) is 8.42 Å². The highest BCUT2D eigenvalue weighted by atomic mass is 32.2. The largest absolute Gasteiger partial charge is 0.491 e. The fourth-order valence-corrected chi connectivity index (χ4v) is 5.05. The quantitative estimate of drug-likeness (QED) is 0.521. The number of nitrogens with one attached hydrogen (secondary N) is 1. The molecule has 4 rings (SSSR count). The molecule has 8 heteroatoms. The van der Waals surface area contributed by atoms with Crippen molar-refractivity contribution < 1.29 is 22.6 Å². The van der Waals surface area contributed by atoms with E-state index in [-0.39, 0.29) is 17.1 Å². The van der Waals surface area contributed by atoms with Crippen LogP contribution >= 0.6 is 11.3 Å². The Morgan fingerprint density at radius 1 is 1.36 bits per heavy atom. The number of sulfonamides is 1. The van der Waals surface area contributed by atoms with Crippen molar-refractivity contribution in [2.24, 2.45) is 0 Å². The Kier molecular flexibility index (Phi) is 5.07. The van der Waals surface area contributed by atoms with Crippen LogP contribution in [0.4, 0.5) is 5.69 Å². The molecule has 1 saturated carbocycles. The number of benzene rings is 1. The van der Waals surface area contributed by atoms with E-state index in [0.29, 0.717) is 22.9 Å². The maximum Gasteiger partial charge on any atom is 0.271 e. The molecule has 1 aromatic carbocycles. The standard InChI is InChI=1S/C20H21NO5S2/c1-13(26-16-5-3-6-16)8-9-15-11-17(20-19(14(15)2)24-12-25-20)21-28(22,23)18-7-4-10-27-18/h4,7-11,16,21H,1,3,5-6,12H2,2H3/b9-8+. The van der Waals surface area contributed by atoms with E-state index in [4.69, 9.17) is 14.2 Å². The van der Waals surface area contributed by atoms with Crippen molar-refractivity contribution in [3.05, 3.63) is 53.1 Å². The van der Waals surface area contributed by atoms with Gasteiger partial charge in [0.25, 0.3) is 10.0 Å². The van der Waals surface area contributed by atoms with E-state index >= 15 is 0 Å². The van der Waals surface area contributed by atoms with Crippen LogP contribution in [0.2, 0.25) is 0 Å². The number of fused-ring (bicyclic) bond motifs is 1. The van der Waals surface area contributed by atoms with E-state index < -0.39 is 10.0 Å². The normalized spacial score (nSPS) is 16.2. The molecule has 1 aliphatic carbocycles. The van der Waals surface area contributed by atoms with E-state index in [1.165, 1.54) is 6.42 Å². The highest BCUT2D eigenvalue weighted by molar-refractivity contribution is 7.94. The number of ether oxygens (including phenoxy) is 3. The lowest BCUT2D eigenvalue weighted by molar-refractivity contribution is 0.0601. The van der Waals surface area contributed by atoms with Crippen LogP contribution in [0.3, 0.4) is 0 Å². The molecule has 148 valence electrons. The first-order chi connectivity index (χ1) is 13.4. The topological polar surface area (TPSA) is 73.9 Å². The van der Waals surface area contributed by atoms with Crippen LogP contribution in [0.1, 0.15) is 30.4 Å². The van der Waals surface area contributed by atoms with Crippen LogP contribution < -0.4 is 14.2 Å². The molecule has 1 aromatic heterocycles. The fraction of sp³-hybridized carbons (Fsp3) is 0.300. The Hall–Kier alpha value is -2.45. The maximum absolute atomic E-state index is 12.6. The lowest BCUT2D eigenvalue weighted by Gasteiger charge is -2.26. The third kappa shape index (κ3) is 3.74. The number of hydrogen-bond acceptors (Lipinski definition) is 6. The second-order valence-electron chi connectivity index (χ2n) is 6.71. The zero-order chi connectivity index (χ0) is 19.7. The van der Waals surface area contributed by atoms with Gasteiger partial charge in [-0.05, 0) is 55.3 Å². The fourth-order valence-electron chi connectivity index (χ4n) is 3.00. The van der Waals surface area contributed by atoms with Crippen LogP contribution in [-0.2, 0) is 14.8 Å². The highest BCUT2D eigenvalue weighted by Gasteiger charge is 2.26. The Balaban J connectivity index is 1.63. The van der Waals surface area contributed by atoms with Crippen LogP contribution in [0.15, 0.2) is 46.2 Å². The number of rotatable bonds is 7. The molecular formula is C20H21NO5S2. The van der Waals surface area contributed by atoms with Gasteiger partial charge in [0.1, 0.15) is 9.97 Å². The minimum atomic E-state index is -3.70. The summed E-state index contributed by atoms with van der Waals surface area (Å²) in [7, 11) is -3.70. The molecule has 6 nitrogen and oxygen atoms in total. The highest BCUT2D eigenvalue weighted by Crippen LogP contribution is 2.45. The molecule has 1 N–H and O–H groups in total. The Bertz CT molecular complexity index is 1020. The second kappa shape index (κ2) is 7.52. The second-order valence-corrected chi connectivity index (χ2v) is 9.57. The zero-order valence-corrected chi connectivity index (χ0v) is 17.1. The predicted molar refractivity (Wildman–Crippen MR) is 109 cm³/mol. The Morgan fingerprint density at radius 2 is 2.14 bits per heavy atom. The molecule has 0 amide bonds. The smallest absolute Gasteiger partial charge is 0.271 e. The first kappa shape index (κ1) is 18.9. The molecule has 1 aliphatic heterocycles. The third-order valence-electron chi connectivity index (χ3n) is 4.75. The van der Waals surface area contributed by atoms with Gasteiger partial charge >= 0.3 is 0 Å². The van der Waals surface area contributed by atoms with Gasteiger partial charge in [-0.3, -0.25) is 4.72 Å². The molecule has 28 heavy (non-hydrogen) atoms. The Morgan fingerprint density at radius 3 is 2.82 bits per heavy atom. The number of anilines is 1. The minimum absolute atomic E-state index is 0.0502. The number of allylic oxidation sites excluding steroid dienone is 1. The van der Waals surface area contributed by atoms with Gasteiger partial charge in [0, 0.05) is 5.56 Å². The van der Waals surface area contributed by atoms with Crippen molar-refractivity contribution in [1.82, 2.24) is 0 Å². The monoisotopic (exact) mass is 419 g/mol. The van der Waals surface area contributed by atoms with E-state index in [1.807, 2.05) is 13.0 Å². The lowest BCUT2D eigenvalue weighted by atomic mass is 9.96. The van der Waals surface area contributed by atoms with Crippen molar-refractivity contribution in [2.45, 2.75) is 36.5 Å². The van der Waals surface area contributed by atoms with Crippen molar-refractivity contribution in [2.75, 3.05) is 11.5 Å². The van der Waals surface area contributed by atoms with Crippen molar-refractivity contribution in [1.29, 1.82) is 0 Å². The van der Waals surface area contributed by atoms with Crippen LogP contribution in [-0.4, -0.2) is 21.3 Å². The molecule has 0 radical (unpaired) electrons. The average molecular weight is 420 g/mol. The van der Waals surface area contributed by atoms with Gasteiger partial charge in [-0.15, -0.1) is 11.3 Å². The average Bonchev–Trinajstić information content (AvgIpc) is 3.31. The van der Waals surface area contributed by atoms with Gasteiger partial charge in [-0.1, -0.05) is 18.7 Å². The van der Waals surface area contributed by atoms with Crippen LogP contribution in [0.5, 0.6) is 11.5 Å². The van der Waals surface area contributed by atoms with Gasteiger partial charge in [-0.2, -0.15) is 0 Å². The molecule has 1 fully saturated rings. The van der Waals surface area contributed by atoms with Gasteiger partial charge in [0.15, 0.2) is 11.5 Å². The summed E-state index contributed by atoms with van der Waals surface area (Å²) >= 11 is 1.15. The summed E-state index contributed by atoms with van der Waals surface area (Å²) in [5.41, 5.74) is 2.00. The first-order valence-corrected chi connectivity index (χ1v) is 11.3. The summed E-state index contributed by atoms with van der Waals surface area (Å²) in [6.07, 6.45) is 7.20. The summed E-state index contributed by atoms with van der Waals surface area (Å²) in [5, 5.41) is 1.72. The first-order valence-electron chi connectivity index (χ1n) is 8.97. The number of thiophene rings is 1. The van der Waals surface area contributed by atoms with E-state index in [2.05, 4.69) is 11.3 Å². The third-order valence-corrected chi connectivity index (χ3v) is 7.52. The molecule has 2 aromatic rings. The molecule has 0 spiro atoms. The van der Waals surface area contributed by atoms with E-state index in [9.17, 15) is 8.42 Å². The summed E-state index contributed by atoms with van der Waals surface area (Å²) in [6, 6.07) is 4.99. The van der Waals surface area contributed by atoms with E-state index in [1.54, 1.807) is 29.7 Å². The summed E-state index contributed by atoms with van der Waals surface area (Å²) in [5.74, 6) is 1.53. The van der Waals surface area contributed by atoms with Crippen LogP contribution in [0.25, 0.3) is 6.08 Å². The van der Waals surface area contributed by atoms with Gasteiger partial charge in [0.2, 0.25) is 6.79 Å². The molecule has 0 bridgehead atoms. The van der Waals surface area contributed by atoms with Gasteiger partial charge < -0.3 is 14.2 Å². The van der Waals surface area contributed by atoms with Crippen molar-refractivity contribution in [3.8, 4) is 11.5 Å². The molecule has 2 aliphatic rings. The van der Waals surface area contributed by atoms with E-state index in [0.717, 1.165) is 35.3 Å². The molecular weight excluding hydrogens is 398 g/mol. The molecule has 0 unspecified atom stereocenters. The summed E-state index contributed by atoms with van der Waals surface area (Å²) < 4.78 is 45.0. The molecule has 0 saturated heterocycles. The Labute approximate surface area is 168 Å². The molecule has 0 atom stereocenters. The maximum atomic E-state index is 12.6. The summed E-state index contributed by atoms with van der Waals surface area (Å²) in [6.45, 7) is 5.89. The summed E-state index contributed by atoms with van der Waals surface area (Å²) in [4.78, 5) is 0. The lowest BCUT2D eigenvalue weighted by Crippen LogP contribution is -2.20. The van der Waals surface area contributed by atoms with Crippen LogP contribution in [0, 0.1) is 6.92 Å². The van der Waals surface area contributed by atoms with Crippen molar-refractivity contribution in [3.63, 3.8) is 0 Å². The van der Waals surface area contributed by atoms with Gasteiger partial charge in [0.05, 0.1) is 11.8 Å².